The SMILES string of the molecule is COCCCCNCc1cnc(C)cn1. The molecule has 0 radical (unpaired) electrons. The molecule has 0 atom stereocenters. The molecule has 0 bridgehead atoms. The molecule has 4 nitrogen and oxygen atoms in total. The van der Waals surface area contributed by atoms with Gasteiger partial charge in [-0.2, -0.15) is 0 Å². The van der Waals surface area contributed by atoms with E-state index in [2.05, 4.69) is 15.3 Å². The summed E-state index contributed by atoms with van der Waals surface area (Å²) in [5.74, 6) is 0. The number of hydrogen-bond donors (Lipinski definition) is 1. The Kier molecular flexibility index (Phi) is 5.88. The molecule has 0 amide bonds. The Morgan fingerprint density at radius 3 is 2.80 bits per heavy atom. The van der Waals surface area contributed by atoms with Gasteiger partial charge in [0.2, 0.25) is 0 Å². The van der Waals surface area contributed by atoms with Crippen LogP contribution in [0.4, 0.5) is 0 Å². The molecule has 15 heavy (non-hydrogen) atoms. The lowest BCUT2D eigenvalue weighted by atomic mass is 10.3. The van der Waals surface area contributed by atoms with Gasteiger partial charge in [-0.25, -0.2) is 0 Å². The van der Waals surface area contributed by atoms with E-state index in [9.17, 15) is 0 Å². The van der Waals surface area contributed by atoms with Crippen molar-refractivity contribution in [1.29, 1.82) is 0 Å². The fraction of sp³-hybridized carbons (Fsp3) is 0.636. The molecular formula is C11H19N3O. The zero-order chi connectivity index (χ0) is 10.9. The lowest BCUT2D eigenvalue weighted by Crippen LogP contribution is -2.16. The Bertz CT molecular complexity index is 261. The molecule has 84 valence electrons. The van der Waals surface area contributed by atoms with Gasteiger partial charge in [-0.15, -0.1) is 0 Å². The minimum absolute atomic E-state index is 0.792. The molecule has 0 spiro atoms. The summed E-state index contributed by atoms with van der Waals surface area (Å²) in [5, 5.41) is 3.32. The topological polar surface area (TPSA) is 47.0 Å². The first kappa shape index (κ1) is 12.1. The van der Waals surface area contributed by atoms with Crippen molar-refractivity contribution in [2.75, 3.05) is 20.3 Å². The first-order valence-electron chi connectivity index (χ1n) is 5.30. The van der Waals surface area contributed by atoms with E-state index in [0.29, 0.717) is 0 Å². The number of hydrogen-bond acceptors (Lipinski definition) is 4. The highest BCUT2D eigenvalue weighted by Crippen LogP contribution is 1.94. The van der Waals surface area contributed by atoms with Crippen molar-refractivity contribution in [3.8, 4) is 0 Å². The number of methoxy groups -OCH3 is 1. The van der Waals surface area contributed by atoms with Gasteiger partial charge in [-0.05, 0) is 26.3 Å². The summed E-state index contributed by atoms with van der Waals surface area (Å²) in [6.07, 6.45) is 5.84. The molecule has 4 heteroatoms. The maximum absolute atomic E-state index is 4.97. The van der Waals surface area contributed by atoms with Gasteiger partial charge in [0.05, 0.1) is 11.4 Å². The summed E-state index contributed by atoms with van der Waals surface area (Å²) in [6, 6.07) is 0. The van der Waals surface area contributed by atoms with Crippen LogP contribution in [0, 0.1) is 6.92 Å². The van der Waals surface area contributed by atoms with Crippen LogP contribution < -0.4 is 5.32 Å². The quantitative estimate of drug-likeness (QED) is 0.688. The number of rotatable bonds is 7. The van der Waals surface area contributed by atoms with E-state index in [1.54, 1.807) is 13.3 Å². The van der Waals surface area contributed by atoms with E-state index in [0.717, 1.165) is 43.9 Å². The van der Waals surface area contributed by atoms with Gasteiger partial charge >= 0.3 is 0 Å². The molecule has 0 saturated carbocycles. The van der Waals surface area contributed by atoms with Crippen LogP contribution in [0.5, 0.6) is 0 Å². The van der Waals surface area contributed by atoms with Crippen LogP contribution in [-0.2, 0) is 11.3 Å². The summed E-state index contributed by atoms with van der Waals surface area (Å²) < 4.78 is 4.97. The highest BCUT2D eigenvalue weighted by Gasteiger charge is 1.94. The Morgan fingerprint density at radius 2 is 2.13 bits per heavy atom. The molecule has 1 aromatic rings. The maximum Gasteiger partial charge on any atom is 0.0724 e. The first-order valence-corrected chi connectivity index (χ1v) is 5.30. The molecule has 0 aromatic carbocycles. The number of unbranched alkanes of at least 4 members (excludes halogenated alkanes) is 1. The smallest absolute Gasteiger partial charge is 0.0724 e. The standard InChI is InChI=1S/C11H19N3O/c1-10-7-14-11(9-13-10)8-12-5-3-4-6-15-2/h7,9,12H,3-6,8H2,1-2H3. The van der Waals surface area contributed by atoms with E-state index in [1.807, 2.05) is 13.1 Å². The van der Waals surface area contributed by atoms with Crippen LogP contribution in [0.2, 0.25) is 0 Å². The highest BCUT2D eigenvalue weighted by atomic mass is 16.5. The van der Waals surface area contributed by atoms with Crippen molar-refractivity contribution >= 4 is 0 Å². The van der Waals surface area contributed by atoms with Crippen LogP contribution in [0.15, 0.2) is 12.4 Å². The van der Waals surface area contributed by atoms with Crippen LogP contribution in [0.25, 0.3) is 0 Å². The highest BCUT2D eigenvalue weighted by molar-refractivity contribution is 4.99. The van der Waals surface area contributed by atoms with Gasteiger partial charge in [-0.1, -0.05) is 0 Å². The fourth-order valence-electron chi connectivity index (χ4n) is 1.22. The lowest BCUT2D eigenvalue weighted by molar-refractivity contribution is 0.192. The third-order valence-electron chi connectivity index (χ3n) is 2.09. The third kappa shape index (κ3) is 5.44. The fourth-order valence-corrected chi connectivity index (χ4v) is 1.22. The molecule has 1 rings (SSSR count). The zero-order valence-corrected chi connectivity index (χ0v) is 9.49. The van der Waals surface area contributed by atoms with Crippen molar-refractivity contribution in [3.63, 3.8) is 0 Å². The second kappa shape index (κ2) is 7.31. The van der Waals surface area contributed by atoms with Crippen LogP contribution in [0.1, 0.15) is 24.2 Å². The average molecular weight is 209 g/mol. The number of aromatic nitrogens is 2. The normalized spacial score (nSPS) is 10.5. The third-order valence-corrected chi connectivity index (χ3v) is 2.09. The van der Waals surface area contributed by atoms with Gasteiger partial charge in [-0.3, -0.25) is 9.97 Å². The number of aryl methyl sites for hydroxylation is 1. The molecular weight excluding hydrogens is 190 g/mol. The molecule has 0 aliphatic rings. The van der Waals surface area contributed by atoms with E-state index < -0.39 is 0 Å². The van der Waals surface area contributed by atoms with Gasteiger partial charge in [0.15, 0.2) is 0 Å². The minimum atomic E-state index is 0.792. The molecule has 1 aromatic heterocycles. The summed E-state index contributed by atoms with van der Waals surface area (Å²) in [6.45, 7) is 4.57. The second-order valence-electron chi connectivity index (χ2n) is 3.53. The van der Waals surface area contributed by atoms with Crippen molar-refractivity contribution < 1.29 is 4.74 Å². The Labute approximate surface area is 91.1 Å². The molecule has 0 unspecified atom stereocenters. The second-order valence-corrected chi connectivity index (χ2v) is 3.53. The van der Waals surface area contributed by atoms with Gasteiger partial charge in [0.25, 0.3) is 0 Å². The Balaban J connectivity index is 2.07. The summed E-state index contributed by atoms with van der Waals surface area (Å²) in [4.78, 5) is 8.45. The van der Waals surface area contributed by atoms with Crippen molar-refractivity contribution in [2.45, 2.75) is 26.3 Å². The maximum atomic E-state index is 4.97. The first-order chi connectivity index (χ1) is 7.33. The number of nitrogens with zero attached hydrogens (tertiary/aromatic N) is 2. The van der Waals surface area contributed by atoms with E-state index in [-0.39, 0.29) is 0 Å². The molecule has 0 aliphatic heterocycles. The monoisotopic (exact) mass is 209 g/mol. The zero-order valence-electron chi connectivity index (χ0n) is 9.49. The van der Waals surface area contributed by atoms with E-state index >= 15 is 0 Å². The van der Waals surface area contributed by atoms with Crippen LogP contribution >= 0.6 is 0 Å². The molecule has 1 N–H and O–H groups in total. The molecule has 0 fully saturated rings. The Morgan fingerprint density at radius 1 is 1.27 bits per heavy atom. The molecule has 1 heterocycles. The van der Waals surface area contributed by atoms with Gasteiger partial charge < -0.3 is 10.1 Å². The van der Waals surface area contributed by atoms with E-state index in [4.69, 9.17) is 4.74 Å². The predicted molar refractivity (Wildman–Crippen MR) is 59.6 cm³/mol. The average Bonchev–Trinajstić information content (AvgIpc) is 2.26. The summed E-state index contributed by atoms with van der Waals surface area (Å²) in [7, 11) is 1.73. The van der Waals surface area contributed by atoms with Crippen molar-refractivity contribution in [3.05, 3.63) is 23.8 Å². The summed E-state index contributed by atoms with van der Waals surface area (Å²) in [5.41, 5.74) is 1.95. The Hall–Kier alpha value is -1.00. The van der Waals surface area contributed by atoms with Crippen molar-refractivity contribution in [1.82, 2.24) is 15.3 Å². The largest absolute Gasteiger partial charge is 0.385 e. The minimum Gasteiger partial charge on any atom is -0.385 e. The van der Waals surface area contributed by atoms with Crippen LogP contribution in [0.3, 0.4) is 0 Å². The van der Waals surface area contributed by atoms with Crippen molar-refractivity contribution in [2.24, 2.45) is 0 Å². The van der Waals surface area contributed by atoms with Crippen LogP contribution in [-0.4, -0.2) is 30.2 Å². The van der Waals surface area contributed by atoms with E-state index in [1.165, 1.54) is 0 Å². The van der Waals surface area contributed by atoms with Gasteiger partial charge in [0, 0.05) is 32.7 Å². The predicted octanol–water partition coefficient (Wildman–Crippen LogP) is 1.30. The molecule has 0 aliphatic carbocycles. The number of nitrogens with one attached hydrogen (secondary N) is 1. The lowest BCUT2D eigenvalue weighted by Gasteiger charge is -2.03. The summed E-state index contributed by atoms with van der Waals surface area (Å²) >= 11 is 0. The van der Waals surface area contributed by atoms with Gasteiger partial charge in [0.1, 0.15) is 0 Å². The molecule has 0 saturated heterocycles. The number of ether oxygens (including phenoxy) is 1.